The van der Waals surface area contributed by atoms with E-state index in [1.54, 1.807) is 12.0 Å². The number of aromatic amines is 2. The lowest BCUT2D eigenvalue weighted by molar-refractivity contribution is -0.143. The number of piperidine rings is 2. The largest absolute Gasteiger partial charge is 0.383 e. The number of amides is 2. The summed E-state index contributed by atoms with van der Waals surface area (Å²) in [6, 6.07) is 1.17. The number of methoxy groups -OCH3 is 1. The summed E-state index contributed by atoms with van der Waals surface area (Å²) in [4.78, 5) is 51.7. The van der Waals surface area contributed by atoms with Crippen LogP contribution in [0, 0.1) is 5.41 Å². The van der Waals surface area contributed by atoms with Gasteiger partial charge in [-0.2, -0.15) is 0 Å². The van der Waals surface area contributed by atoms with Crippen molar-refractivity contribution in [1.29, 1.82) is 0 Å². The van der Waals surface area contributed by atoms with Gasteiger partial charge in [0.15, 0.2) is 0 Å². The van der Waals surface area contributed by atoms with Gasteiger partial charge in [0.05, 0.1) is 13.0 Å². The van der Waals surface area contributed by atoms with Crippen LogP contribution < -0.4 is 11.1 Å². The molecule has 2 fully saturated rings. The van der Waals surface area contributed by atoms with Crippen molar-refractivity contribution in [3.8, 4) is 0 Å². The Bertz CT molecular complexity index is 816. The SMILES string of the molecule is COCCN1C[C@@]2(CCCN(C(=O)Cc3cc(=O)[nH][nH]c3=O)C2)CCC1=O. The molecule has 27 heavy (non-hydrogen) atoms. The maximum Gasteiger partial charge on any atom is 0.266 e. The number of nitrogens with one attached hydrogen (secondary N) is 2. The Hall–Kier alpha value is -2.42. The van der Waals surface area contributed by atoms with E-state index < -0.39 is 11.1 Å². The zero-order chi connectivity index (χ0) is 19.4. The van der Waals surface area contributed by atoms with E-state index in [1.807, 2.05) is 4.90 Å². The average Bonchev–Trinajstić information content (AvgIpc) is 2.66. The molecule has 0 radical (unpaired) electrons. The smallest absolute Gasteiger partial charge is 0.266 e. The van der Waals surface area contributed by atoms with E-state index >= 15 is 0 Å². The zero-order valence-corrected chi connectivity index (χ0v) is 15.6. The third-order valence-corrected chi connectivity index (χ3v) is 5.57. The molecule has 148 valence electrons. The number of carbonyl (C=O) groups excluding carboxylic acids is 2. The predicted molar refractivity (Wildman–Crippen MR) is 97.3 cm³/mol. The number of nitrogens with zero attached hydrogens (tertiary/aromatic N) is 2. The number of hydrogen-bond donors (Lipinski definition) is 2. The first kappa shape index (κ1) is 19.3. The highest BCUT2D eigenvalue weighted by Crippen LogP contribution is 2.38. The molecule has 0 aromatic carbocycles. The molecule has 9 nitrogen and oxygen atoms in total. The van der Waals surface area contributed by atoms with Gasteiger partial charge in [0.2, 0.25) is 11.8 Å². The van der Waals surface area contributed by atoms with Gasteiger partial charge in [0, 0.05) is 56.8 Å². The summed E-state index contributed by atoms with van der Waals surface area (Å²) in [6.07, 6.45) is 2.99. The van der Waals surface area contributed by atoms with Gasteiger partial charge >= 0.3 is 0 Å². The van der Waals surface area contributed by atoms with Crippen LogP contribution in [0.5, 0.6) is 0 Å². The summed E-state index contributed by atoms with van der Waals surface area (Å²) < 4.78 is 5.10. The van der Waals surface area contributed by atoms with E-state index in [4.69, 9.17) is 4.74 Å². The van der Waals surface area contributed by atoms with E-state index in [2.05, 4.69) is 10.2 Å². The van der Waals surface area contributed by atoms with Gasteiger partial charge < -0.3 is 14.5 Å². The first-order valence-electron chi connectivity index (χ1n) is 9.28. The Morgan fingerprint density at radius 1 is 1.22 bits per heavy atom. The molecule has 1 aromatic heterocycles. The van der Waals surface area contributed by atoms with Gasteiger partial charge in [-0.05, 0) is 19.3 Å². The highest BCUT2D eigenvalue weighted by atomic mass is 16.5. The summed E-state index contributed by atoms with van der Waals surface area (Å²) in [7, 11) is 1.61. The van der Waals surface area contributed by atoms with Gasteiger partial charge in [-0.25, -0.2) is 0 Å². The van der Waals surface area contributed by atoms with Crippen molar-refractivity contribution < 1.29 is 14.3 Å². The number of hydrogen-bond acceptors (Lipinski definition) is 5. The molecule has 1 atom stereocenters. The van der Waals surface area contributed by atoms with E-state index in [9.17, 15) is 19.2 Å². The topological polar surface area (TPSA) is 116 Å². The van der Waals surface area contributed by atoms with Crippen LogP contribution in [-0.2, 0) is 20.7 Å². The first-order valence-corrected chi connectivity index (χ1v) is 9.28. The van der Waals surface area contributed by atoms with Crippen LogP contribution in [0.3, 0.4) is 0 Å². The standard InChI is InChI=1S/C18H26N4O5/c1-27-8-7-22-12-18(5-3-15(22)24)4-2-6-21(11-18)16(25)10-13-9-14(23)19-20-17(13)26/h9H,2-8,10-12H2,1H3,(H,19,23)(H,20,26)/t18-/m0/s1. The van der Waals surface area contributed by atoms with Gasteiger partial charge in [-0.3, -0.25) is 29.4 Å². The van der Waals surface area contributed by atoms with Crippen LogP contribution in [0.1, 0.15) is 31.2 Å². The Morgan fingerprint density at radius 2 is 2.04 bits per heavy atom. The number of aromatic nitrogens is 2. The van der Waals surface area contributed by atoms with Gasteiger partial charge in [-0.1, -0.05) is 0 Å². The summed E-state index contributed by atoms with van der Waals surface area (Å²) in [5.41, 5.74) is -0.824. The van der Waals surface area contributed by atoms with Crippen molar-refractivity contribution in [1.82, 2.24) is 20.0 Å². The van der Waals surface area contributed by atoms with Crippen LogP contribution >= 0.6 is 0 Å². The molecule has 1 spiro atoms. The second kappa shape index (κ2) is 8.08. The first-order chi connectivity index (χ1) is 12.9. The van der Waals surface area contributed by atoms with Crippen molar-refractivity contribution in [2.45, 2.75) is 32.1 Å². The third kappa shape index (κ3) is 4.47. The van der Waals surface area contributed by atoms with Crippen LogP contribution in [0.25, 0.3) is 0 Å². The normalized spacial score (nSPS) is 23.1. The lowest BCUT2D eigenvalue weighted by Gasteiger charge is -2.48. The number of likely N-dealkylation sites (tertiary alicyclic amines) is 2. The number of ether oxygens (including phenoxy) is 1. The lowest BCUT2D eigenvalue weighted by Crippen LogP contribution is -2.55. The van der Waals surface area contributed by atoms with Crippen molar-refractivity contribution in [3.63, 3.8) is 0 Å². The average molecular weight is 378 g/mol. The highest BCUT2D eigenvalue weighted by Gasteiger charge is 2.42. The van der Waals surface area contributed by atoms with Crippen LogP contribution in [0.4, 0.5) is 0 Å². The molecule has 1 aromatic rings. The highest BCUT2D eigenvalue weighted by molar-refractivity contribution is 5.79. The fourth-order valence-corrected chi connectivity index (χ4v) is 4.13. The molecule has 2 saturated heterocycles. The van der Waals surface area contributed by atoms with Gasteiger partial charge in [-0.15, -0.1) is 0 Å². The van der Waals surface area contributed by atoms with Gasteiger partial charge in [0.1, 0.15) is 0 Å². The lowest BCUT2D eigenvalue weighted by atomic mass is 9.73. The van der Waals surface area contributed by atoms with Crippen molar-refractivity contribution in [2.24, 2.45) is 5.41 Å². The molecule has 3 heterocycles. The van der Waals surface area contributed by atoms with Crippen LogP contribution in [0.15, 0.2) is 15.7 Å². The molecule has 0 unspecified atom stereocenters. The number of H-pyrrole nitrogens is 2. The molecule has 2 aliphatic rings. The van der Waals surface area contributed by atoms with Crippen molar-refractivity contribution in [2.75, 3.05) is 39.9 Å². The van der Waals surface area contributed by atoms with E-state index in [-0.39, 0.29) is 29.2 Å². The quantitative estimate of drug-likeness (QED) is 0.716. The molecule has 2 N–H and O–H groups in total. The Kier molecular flexibility index (Phi) is 5.79. The molecular formula is C18H26N4O5. The van der Waals surface area contributed by atoms with Gasteiger partial charge in [0.25, 0.3) is 11.1 Å². The van der Waals surface area contributed by atoms with Crippen LogP contribution in [0.2, 0.25) is 0 Å². The molecule has 0 aliphatic carbocycles. The molecular weight excluding hydrogens is 352 g/mol. The minimum absolute atomic E-state index is 0.0956. The maximum absolute atomic E-state index is 12.7. The fourth-order valence-electron chi connectivity index (χ4n) is 4.13. The van der Waals surface area contributed by atoms with Crippen LogP contribution in [-0.4, -0.2) is 71.7 Å². The zero-order valence-electron chi connectivity index (χ0n) is 15.6. The Morgan fingerprint density at radius 3 is 2.81 bits per heavy atom. The number of rotatable bonds is 5. The molecule has 2 aliphatic heterocycles. The van der Waals surface area contributed by atoms with E-state index in [1.165, 1.54) is 6.07 Å². The molecule has 9 heteroatoms. The fraction of sp³-hybridized carbons (Fsp3) is 0.667. The second-order valence-corrected chi connectivity index (χ2v) is 7.52. The Labute approximate surface area is 156 Å². The van der Waals surface area contributed by atoms with Crippen molar-refractivity contribution >= 4 is 11.8 Å². The minimum Gasteiger partial charge on any atom is -0.383 e. The molecule has 3 rings (SSSR count). The molecule has 0 bridgehead atoms. The summed E-state index contributed by atoms with van der Waals surface area (Å²) >= 11 is 0. The second-order valence-electron chi connectivity index (χ2n) is 7.52. The Balaban J connectivity index is 1.68. The molecule has 0 saturated carbocycles. The minimum atomic E-state index is -0.455. The van der Waals surface area contributed by atoms with E-state index in [0.29, 0.717) is 39.2 Å². The number of carbonyl (C=O) groups is 2. The van der Waals surface area contributed by atoms with E-state index in [0.717, 1.165) is 19.3 Å². The summed E-state index contributed by atoms with van der Waals surface area (Å²) in [6.45, 7) is 2.89. The monoisotopic (exact) mass is 378 g/mol. The summed E-state index contributed by atoms with van der Waals surface area (Å²) in [5.74, 6) is -0.0262. The summed E-state index contributed by atoms with van der Waals surface area (Å²) in [5, 5.41) is 4.44. The predicted octanol–water partition coefficient (Wildman–Crippen LogP) is -0.517. The third-order valence-electron chi connectivity index (χ3n) is 5.57. The maximum atomic E-state index is 12.7. The van der Waals surface area contributed by atoms with Crippen molar-refractivity contribution in [3.05, 3.63) is 32.3 Å². The molecule has 2 amide bonds.